The van der Waals surface area contributed by atoms with Crippen molar-refractivity contribution in [2.75, 3.05) is 23.0 Å². The Morgan fingerprint density at radius 1 is 1.19 bits per heavy atom. The third-order valence-corrected chi connectivity index (χ3v) is 4.64. The van der Waals surface area contributed by atoms with E-state index >= 15 is 0 Å². The molecular formula is C20H19ClN6. The van der Waals surface area contributed by atoms with E-state index in [1.807, 2.05) is 50.5 Å². The molecule has 7 heteroatoms. The van der Waals surface area contributed by atoms with Gasteiger partial charge in [0.2, 0.25) is 5.95 Å². The first kappa shape index (κ1) is 17.3. The van der Waals surface area contributed by atoms with Crippen LogP contribution in [0.1, 0.15) is 11.3 Å². The minimum Gasteiger partial charge on any atom is -0.373 e. The van der Waals surface area contributed by atoms with E-state index in [0.717, 1.165) is 51.8 Å². The Balaban J connectivity index is 1.67. The first-order chi connectivity index (χ1) is 13.0. The molecule has 0 atom stereocenters. The monoisotopic (exact) mass is 378 g/mol. The molecule has 0 aliphatic carbocycles. The average molecular weight is 379 g/mol. The Morgan fingerprint density at radius 2 is 2.04 bits per heavy atom. The number of halogens is 1. The largest absolute Gasteiger partial charge is 0.373 e. The van der Waals surface area contributed by atoms with Crippen LogP contribution in [0, 0.1) is 6.92 Å². The Labute approximate surface area is 162 Å². The number of pyridine rings is 1. The van der Waals surface area contributed by atoms with Crippen molar-refractivity contribution in [2.45, 2.75) is 13.3 Å². The molecule has 0 radical (unpaired) electrons. The molecule has 0 unspecified atom stereocenters. The van der Waals surface area contributed by atoms with Crippen molar-refractivity contribution in [1.29, 1.82) is 0 Å². The van der Waals surface area contributed by atoms with Crippen molar-refractivity contribution in [3.05, 3.63) is 65.1 Å². The number of benzene rings is 1. The van der Waals surface area contributed by atoms with Crippen molar-refractivity contribution >= 4 is 34.7 Å². The molecule has 3 aromatic rings. The van der Waals surface area contributed by atoms with Gasteiger partial charge in [-0.2, -0.15) is 4.98 Å². The summed E-state index contributed by atoms with van der Waals surface area (Å²) in [6.45, 7) is 5.90. The second kappa shape index (κ2) is 6.89. The van der Waals surface area contributed by atoms with Gasteiger partial charge in [0.05, 0.1) is 10.7 Å². The van der Waals surface area contributed by atoms with Crippen LogP contribution in [-0.2, 0) is 6.42 Å². The summed E-state index contributed by atoms with van der Waals surface area (Å²) in [5.74, 6) is 1.28. The van der Waals surface area contributed by atoms with Crippen molar-refractivity contribution < 1.29 is 0 Å². The summed E-state index contributed by atoms with van der Waals surface area (Å²) in [6, 6.07) is 9.57. The molecule has 0 fully saturated rings. The van der Waals surface area contributed by atoms with Gasteiger partial charge in [0.1, 0.15) is 5.82 Å². The molecule has 1 aromatic carbocycles. The standard InChI is InChI=1S/C20H19ClN6/c1-11-6-13-10-23-18(9-17(13)24-11)15-8-14(4-5-16(15)21)26-20-25-12(2)7-19(22-3)27-20/h4-5,7-10,24H,1,6H2,2-3H3,(H2,22,25,26,27). The molecule has 0 amide bonds. The van der Waals surface area contributed by atoms with Crippen LogP contribution in [-0.4, -0.2) is 22.0 Å². The third-order valence-electron chi connectivity index (χ3n) is 4.31. The fourth-order valence-electron chi connectivity index (χ4n) is 3.03. The second-order valence-electron chi connectivity index (χ2n) is 6.42. The van der Waals surface area contributed by atoms with Gasteiger partial charge in [0.15, 0.2) is 0 Å². The highest BCUT2D eigenvalue weighted by molar-refractivity contribution is 6.33. The fraction of sp³-hybridized carbons (Fsp3) is 0.150. The molecule has 27 heavy (non-hydrogen) atoms. The zero-order chi connectivity index (χ0) is 19.0. The third kappa shape index (κ3) is 3.57. The second-order valence-corrected chi connectivity index (χ2v) is 6.83. The maximum absolute atomic E-state index is 6.44. The zero-order valence-corrected chi connectivity index (χ0v) is 15.9. The minimum atomic E-state index is 0.521. The molecule has 0 bridgehead atoms. The topological polar surface area (TPSA) is 74.8 Å². The van der Waals surface area contributed by atoms with Gasteiger partial charge in [0.25, 0.3) is 0 Å². The Bertz CT molecular complexity index is 1050. The summed E-state index contributed by atoms with van der Waals surface area (Å²) in [4.78, 5) is 13.4. The normalized spacial score (nSPS) is 12.5. The van der Waals surface area contributed by atoms with Crippen LogP contribution in [0.4, 0.5) is 23.1 Å². The van der Waals surface area contributed by atoms with Crippen molar-refractivity contribution in [1.82, 2.24) is 15.0 Å². The van der Waals surface area contributed by atoms with Gasteiger partial charge in [-0.25, -0.2) is 4.98 Å². The molecule has 3 N–H and O–H groups in total. The van der Waals surface area contributed by atoms with E-state index in [0.29, 0.717) is 11.0 Å². The average Bonchev–Trinajstić information content (AvgIpc) is 3.02. The number of aromatic nitrogens is 3. The molecule has 4 rings (SSSR count). The van der Waals surface area contributed by atoms with Gasteiger partial charge in [-0.3, -0.25) is 4.98 Å². The Kier molecular flexibility index (Phi) is 4.41. The smallest absolute Gasteiger partial charge is 0.229 e. The van der Waals surface area contributed by atoms with Gasteiger partial charge in [-0.05, 0) is 36.8 Å². The molecule has 1 aliphatic rings. The van der Waals surface area contributed by atoms with Gasteiger partial charge in [-0.1, -0.05) is 18.2 Å². The van der Waals surface area contributed by atoms with Gasteiger partial charge < -0.3 is 16.0 Å². The molecule has 1 aliphatic heterocycles. The lowest BCUT2D eigenvalue weighted by Gasteiger charge is -2.11. The predicted molar refractivity (Wildman–Crippen MR) is 111 cm³/mol. The number of aryl methyl sites for hydroxylation is 1. The number of anilines is 4. The van der Waals surface area contributed by atoms with E-state index in [2.05, 4.69) is 37.5 Å². The number of nitrogens with one attached hydrogen (secondary N) is 3. The highest BCUT2D eigenvalue weighted by atomic mass is 35.5. The van der Waals surface area contributed by atoms with Gasteiger partial charge >= 0.3 is 0 Å². The van der Waals surface area contributed by atoms with E-state index in [-0.39, 0.29) is 0 Å². The molecule has 6 nitrogen and oxygen atoms in total. The van der Waals surface area contributed by atoms with Crippen LogP contribution in [0.25, 0.3) is 11.3 Å². The van der Waals surface area contributed by atoms with E-state index in [1.165, 1.54) is 0 Å². The van der Waals surface area contributed by atoms with Crippen LogP contribution in [0.15, 0.2) is 48.8 Å². The van der Waals surface area contributed by atoms with Crippen LogP contribution in [0.2, 0.25) is 5.02 Å². The molecule has 136 valence electrons. The Hall–Kier alpha value is -3.12. The number of rotatable bonds is 4. The summed E-state index contributed by atoms with van der Waals surface area (Å²) in [7, 11) is 1.83. The fourth-order valence-corrected chi connectivity index (χ4v) is 3.25. The highest BCUT2D eigenvalue weighted by Gasteiger charge is 2.16. The van der Waals surface area contributed by atoms with Crippen molar-refractivity contribution in [3.63, 3.8) is 0 Å². The van der Waals surface area contributed by atoms with Crippen LogP contribution >= 0.6 is 11.6 Å². The lowest BCUT2D eigenvalue weighted by atomic mass is 10.1. The molecule has 0 spiro atoms. The van der Waals surface area contributed by atoms with Crippen molar-refractivity contribution in [2.24, 2.45) is 0 Å². The molecule has 2 aromatic heterocycles. The number of nitrogens with zero attached hydrogens (tertiary/aromatic N) is 3. The maximum Gasteiger partial charge on any atom is 0.229 e. The highest BCUT2D eigenvalue weighted by Crippen LogP contribution is 2.34. The first-order valence-electron chi connectivity index (χ1n) is 8.56. The van der Waals surface area contributed by atoms with E-state index in [9.17, 15) is 0 Å². The molecule has 0 saturated carbocycles. The summed E-state index contributed by atoms with van der Waals surface area (Å²) < 4.78 is 0. The zero-order valence-electron chi connectivity index (χ0n) is 15.1. The van der Waals surface area contributed by atoms with E-state index in [1.54, 1.807) is 0 Å². The lowest BCUT2D eigenvalue weighted by molar-refractivity contribution is 1.10. The number of fused-ring (bicyclic) bond motifs is 1. The SMILES string of the molecule is C=C1Cc2cnc(-c3cc(Nc4nc(C)cc(NC)n4)ccc3Cl)cc2N1. The summed E-state index contributed by atoms with van der Waals surface area (Å²) in [5, 5.41) is 10.2. The quantitative estimate of drug-likeness (QED) is 0.607. The predicted octanol–water partition coefficient (Wildman–Crippen LogP) is 4.77. The summed E-state index contributed by atoms with van der Waals surface area (Å²) in [6.07, 6.45) is 2.67. The van der Waals surface area contributed by atoms with Crippen LogP contribution < -0.4 is 16.0 Å². The Morgan fingerprint density at radius 3 is 2.85 bits per heavy atom. The summed E-state index contributed by atoms with van der Waals surface area (Å²) >= 11 is 6.44. The molecular weight excluding hydrogens is 360 g/mol. The molecule has 0 saturated heterocycles. The van der Waals surface area contributed by atoms with Gasteiger partial charge in [0, 0.05) is 54.1 Å². The summed E-state index contributed by atoms with van der Waals surface area (Å²) in [5.41, 5.74) is 6.49. The van der Waals surface area contributed by atoms with Gasteiger partial charge in [-0.15, -0.1) is 0 Å². The van der Waals surface area contributed by atoms with Crippen molar-refractivity contribution in [3.8, 4) is 11.3 Å². The molecule has 3 heterocycles. The van der Waals surface area contributed by atoms with E-state index in [4.69, 9.17) is 11.6 Å². The number of allylic oxidation sites excluding steroid dienone is 1. The maximum atomic E-state index is 6.44. The van der Waals surface area contributed by atoms with Crippen LogP contribution in [0.3, 0.4) is 0 Å². The minimum absolute atomic E-state index is 0.521. The lowest BCUT2D eigenvalue weighted by Crippen LogP contribution is -2.02. The van der Waals surface area contributed by atoms with E-state index < -0.39 is 0 Å². The number of hydrogen-bond donors (Lipinski definition) is 3. The number of hydrogen-bond acceptors (Lipinski definition) is 6. The van der Waals surface area contributed by atoms with Crippen LogP contribution in [0.5, 0.6) is 0 Å². The first-order valence-corrected chi connectivity index (χ1v) is 8.94.